The number of pyridine rings is 2. The van der Waals surface area contributed by atoms with E-state index in [0.29, 0.717) is 40.7 Å². The van der Waals surface area contributed by atoms with Gasteiger partial charge in [-0.2, -0.15) is 20.7 Å². The SMILES string of the molecule is N#Cc1c(-c2c[nH]c3ncc(F)cc23)nc(N=C2CCC[C@@H](NC(=O)c3cn[nH]n3)C2)c(F)c1-c1ccccc1. The van der Waals surface area contributed by atoms with Crippen molar-refractivity contribution in [1.82, 2.24) is 35.7 Å². The van der Waals surface area contributed by atoms with Gasteiger partial charge in [0.15, 0.2) is 17.3 Å². The van der Waals surface area contributed by atoms with Gasteiger partial charge in [0.1, 0.15) is 17.5 Å². The number of H-pyrrole nitrogens is 2. The van der Waals surface area contributed by atoms with E-state index >= 15 is 4.39 Å². The lowest BCUT2D eigenvalue weighted by Gasteiger charge is -2.24. The standard InChI is InChI=1S/C28H21F2N9O/c29-16-9-19-21(13-33-26(19)32-12-16)25-20(11-31)23(15-5-2-1-3-6-15)24(30)27(37-25)35-17-7-4-8-18(10-17)36-28(40)22-14-34-39-38-22/h1-3,5-6,9,12-14,18H,4,7-8,10H2,(H,32,33)(H,36,40)(H,34,38,39)/t18-/m1/s1. The Balaban J connectivity index is 1.46. The molecule has 0 saturated heterocycles. The molecule has 0 radical (unpaired) electrons. The lowest BCUT2D eigenvalue weighted by molar-refractivity contribution is 0.0929. The quantitative estimate of drug-likeness (QED) is 0.287. The van der Waals surface area contributed by atoms with E-state index in [9.17, 15) is 14.4 Å². The lowest BCUT2D eigenvalue weighted by Crippen LogP contribution is -2.38. The Kier molecular flexibility index (Phi) is 6.53. The number of fused-ring (bicyclic) bond motifs is 1. The molecule has 1 fully saturated rings. The highest BCUT2D eigenvalue weighted by atomic mass is 19.1. The van der Waals surface area contributed by atoms with Gasteiger partial charge in [-0.1, -0.05) is 30.3 Å². The second-order valence-electron chi connectivity index (χ2n) is 9.38. The Morgan fingerprint density at radius 3 is 2.83 bits per heavy atom. The van der Waals surface area contributed by atoms with Crippen LogP contribution in [-0.4, -0.2) is 48.0 Å². The van der Waals surface area contributed by atoms with Crippen LogP contribution in [0.3, 0.4) is 0 Å². The number of hydrogen-bond donors (Lipinski definition) is 3. The minimum Gasteiger partial charge on any atom is -0.347 e. The van der Waals surface area contributed by atoms with Crippen LogP contribution in [0.4, 0.5) is 14.6 Å². The second kappa shape index (κ2) is 10.5. The number of nitriles is 1. The van der Waals surface area contributed by atoms with Gasteiger partial charge in [0.05, 0.1) is 23.7 Å². The van der Waals surface area contributed by atoms with E-state index in [1.54, 1.807) is 36.5 Å². The summed E-state index contributed by atoms with van der Waals surface area (Å²) < 4.78 is 30.3. The number of benzene rings is 1. The van der Waals surface area contributed by atoms with Gasteiger partial charge in [-0.3, -0.25) is 4.79 Å². The third kappa shape index (κ3) is 4.69. The number of carbonyl (C=O) groups is 1. The van der Waals surface area contributed by atoms with Crippen molar-refractivity contribution in [3.8, 4) is 28.5 Å². The molecule has 1 saturated carbocycles. The molecular formula is C28H21F2N9O. The van der Waals surface area contributed by atoms with E-state index in [1.165, 1.54) is 12.3 Å². The number of nitrogens with one attached hydrogen (secondary N) is 3. The largest absolute Gasteiger partial charge is 0.347 e. The number of aromatic amines is 2. The van der Waals surface area contributed by atoms with Crippen LogP contribution in [0, 0.1) is 23.0 Å². The summed E-state index contributed by atoms with van der Waals surface area (Å²) in [6, 6.07) is 11.9. The third-order valence-electron chi connectivity index (χ3n) is 6.79. The first-order valence-corrected chi connectivity index (χ1v) is 12.6. The Bertz CT molecular complexity index is 1790. The van der Waals surface area contributed by atoms with Gasteiger partial charge in [0, 0.05) is 40.9 Å². The number of carbonyl (C=O) groups excluding carboxylic acids is 1. The molecule has 1 aliphatic rings. The molecular weight excluding hydrogens is 516 g/mol. The molecule has 0 bridgehead atoms. The first-order chi connectivity index (χ1) is 19.5. The van der Waals surface area contributed by atoms with E-state index in [1.807, 2.05) is 0 Å². The molecule has 4 heterocycles. The Hall–Kier alpha value is -5.31. The van der Waals surface area contributed by atoms with Crippen molar-refractivity contribution in [2.45, 2.75) is 31.7 Å². The number of aliphatic imine (C=N–C) groups is 1. The molecule has 5 aromatic rings. The van der Waals surface area contributed by atoms with E-state index in [2.05, 4.69) is 46.7 Å². The lowest BCUT2D eigenvalue weighted by atomic mass is 9.93. The van der Waals surface area contributed by atoms with Gasteiger partial charge in [-0.15, -0.1) is 0 Å². The van der Waals surface area contributed by atoms with Gasteiger partial charge in [0.2, 0.25) is 0 Å². The fourth-order valence-electron chi connectivity index (χ4n) is 4.96. The van der Waals surface area contributed by atoms with Crippen LogP contribution >= 0.6 is 0 Å². The molecule has 0 spiro atoms. The van der Waals surface area contributed by atoms with E-state index in [0.717, 1.165) is 19.0 Å². The number of amides is 1. The average molecular weight is 538 g/mol. The molecule has 1 atom stereocenters. The van der Waals surface area contributed by atoms with Crippen LogP contribution in [0.5, 0.6) is 0 Å². The van der Waals surface area contributed by atoms with Crippen molar-refractivity contribution in [2.24, 2.45) is 4.99 Å². The zero-order valence-electron chi connectivity index (χ0n) is 20.9. The summed E-state index contributed by atoms with van der Waals surface area (Å²) in [4.78, 5) is 28.6. The van der Waals surface area contributed by atoms with E-state index < -0.39 is 11.6 Å². The monoisotopic (exact) mass is 537 g/mol. The summed E-state index contributed by atoms with van der Waals surface area (Å²) in [6.45, 7) is 0. The maximum absolute atomic E-state index is 16.2. The Morgan fingerprint density at radius 2 is 2.05 bits per heavy atom. The molecule has 198 valence electrons. The van der Waals surface area contributed by atoms with Crippen LogP contribution < -0.4 is 5.32 Å². The van der Waals surface area contributed by atoms with Crippen molar-refractivity contribution in [3.05, 3.63) is 77.9 Å². The summed E-state index contributed by atoms with van der Waals surface area (Å²) in [5.74, 6) is -1.85. The predicted molar refractivity (Wildman–Crippen MR) is 143 cm³/mol. The second-order valence-corrected chi connectivity index (χ2v) is 9.38. The molecule has 1 amide bonds. The summed E-state index contributed by atoms with van der Waals surface area (Å²) in [5, 5.41) is 23.4. The minimum absolute atomic E-state index is 0.000734. The molecule has 1 aliphatic carbocycles. The van der Waals surface area contributed by atoms with Gasteiger partial charge < -0.3 is 10.3 Å². The topological polar surface area (TPSA) is 148 Å². The number of hydrogen-bond acceptors (Lipinski definition) is 7. The maximum atomic E-state index is 16.2. The van der Waals surface area contributed by atoms with Gasteiger partial charge in [0.25, 0.3) is 5.91 Å². The zero-order valence-corrected chi connectivity index (χ0v) is 20.9. The van der Waals surface area contributed by atoms with E-state index in [-0.39, 0.29) is 40.3 Å². The van der Waals surface area contributed by atoms with E-state index in [4.69, 9.17) is 0 Å². The van der Waals surface area contributed by atoms with Crippen molar-refractivity contribution < 1.29 is 13.6 Å². The molecule has 4 aromatic heterocycles. The fourth-order valence-corrected chi connectivity index (χ4v) is 4.96. The van der Waals surface area contributed by atoms with Crippen LogP contribution in [-0.2, 0) is 0 Å². The predicted octanol–water partition coefficient (Wildman–Crippen LogP) is 5.00. The minimum atomic E-state index is -0.739. The van der Waals surface area contributed by atoms with Crippen molar-refractivity contribution in [1.29, 1.82) is 5.26 Å². The molecule has 6 rings (SSSR count). The average Bonchev–Trinajstić information content (AvgIpc) is 3.65. The van der Waals surface area contributed by atoms with Crippen LogP contribution in [0.25, 0.3) is 33.4 Å². The maximum Gasteiger partial charge on any atom is 0.273 e. The van der Waals surface area contributed by atoms with Gasteiger partial charge >= 0.3 is 0 Å². The summed E-state index contributed by atoms with van der Waals surface area (Å²) in [7, 11) is 0. The third-order valence-corrected chi connectivity index (χ3v) is 6.79. The van der Waals surface area contributed by atoms with Crippen LogP contribution in [0.15, 0.2) is 60.0 Å². The highest BCUT2D eigenvalue weighted by Gasteiger charge is 2.26. The highest BCUT2D eigenvalue weighted by Crippen LogP contribution is 2.39. The van der Waals surface area contributed by atoms with Crippen LogP contribution in [0.1, 0.15) is 41.7 Å². The number of aromatic nitrogens is 6. The first kappa shape index (κ1) is 25.0. The Labute approximate surface area is 226 Å². The van der Waals surface area contributed by atoms with Crippen LogP contribution in [0.2, 0.25) is 0 Å². The highest BCUT2D eigenvalue weighted by molar-refractivity contribution is 5.97. The molecule has 10 nitrogen and oxygen atoms in total. The molecule has 0 unspecified atom stereocenters. The summed E-state index contributed by atoms with van der Waals surface area (Å²) in [5.41, 5.74) is 2.32. The summed E-state index contributed by atoms with van der Waals surface area (Å²) >= 11 is 0. The Morgan fingerprint density at radius 1 is 1.20 bits per heavy atom. The first-order valence-electron chi connectivity index (χ1n) is 12.6. The zero-order chi connectivity index (χ0) is 27.6. The molecule has 0 aliphatic heterocycles. The molecule has 12 heteroatoms. The smallest absolute Gasteiger partial charge is 0.273 e. The van der Waals surface area contributed by atoms with Gasteiger partial charge in [-0.25, -0.2) is 23.7 Å². The van der Waals surface area contributed by atoms with Crippen molar-refractivity contribution in [2.75, 3.05) is 0 Å². The fraction of sp³-hybridized carbons (Fsp3) is 0.179. The number of nitrogens with zero attached hydrogens (tertiary/aromatic N) is 6. The van der Waals surface area contributed by atoms with Gasteiger partial charge in [-0.05, 0) is 30.9 Å². The number of rotatable bonds is 5. The van der Waals surface area contributed by atoms with Crippen molar-refractivity contribution >= 4 is 28.5 Å². The normalized spacial score (nSPS) is 16.2. The van der Waals surface area contributed by atoms with Crippen molar-refractivity contribution in [3.63, 3.8) is 0 Å². The molecule has 3 N–H and O–H groups in total. The number of halogens is 2. The molecule has 1 aromatic carbocycles. The summed E-state index contributed by atoms with van der Waals surface area (Å²) in [6.07, 6.45) is 6.42. The molecule has 40 heavy (non-hydrogen) atoms.